The van der Waals surface area contributed by atoms with Gasteiger partial charge in [-0.05, 0) is 92.7 Å². The summed E-state index contributed by atoms with van der Waals surface area (Å²) in [6.07, 6.45) is 1.83. The van der Waals surface area contributed by atoms with Gasteiger partial charge in [0.05, 0.1) is 5.69 Å². The van der Waals surface area contributed by atoms with Crippen molar-refractivity contribution in [1.29, 1.82) is 0 Å². The standard InChI is InChI=1S/C49H32N2O/c1-3-12-33(13-4-1)38-18-9-20-40(31-38)51(46-22-10-21-43-44-27-25-36-19-11-29-50-47(36)49(44)52-48(43)46)41-26-28-42(35-15-5-2-6-16-35)45(32-41)39-24-23-34-14-7-8-17-37(34)30-39/h1-32H. The monoisotopic (exact) mass is 664 g/mol. The molecule has 10 aromatic rings. The zero-order valence-electron chi connectivity index (χ0n) is 28.3. The summed E-state index contributed by atoms with van der Waals surface area (Å²) in [6, 6.07) is 66.9. The smallest absolute Gasteiger partial charge is 0.161 e. The summed E-state index contributed by atoms with van der Waals surface area (Å²) < 4.78 is 6.89. The van der Waals surface area contributed by atoms with Crippen molar-refractivity contribution in [3.63, 3.8) is 0 Å². The van der Waals surface area contributed by atoms with E-state index in [9.17, 15) is 0 Å². The van der Waals surface area contributed by atoms with Gasteiger partial charge >= 0.3 is 0 Å². The normalized spacial score (nSPS) is 11.5. The number of furan rings is 1. The van der Waals surface area contributed by atoms with Gasteiger partial charge in [-0.2, -0.15) is 0 Å². The van der Waals surface area contributed by atoms with E-state index in [1.807, 2.05) is 12.3 Å². The van der Waals surface area contributed by atoms with Crippen molar-refractivity contribution in [2.24, 2.45) is 0 Å². The molecular formula is C49H32N2O. The Bertz CT molecular complexity index is 2910. The van der Waals surface area contributed by atoms with E-state index in [2.05, 4.69) is 187 Å². The highest BCUT2D eigenvalue weighted by Gasteiger charge is 2.22. The van der Waals surface area contributed by atoms with Crippen LogP contribution in [0.5, 0.6) is 0 Å². The minimum absolute atomic E-state index is 0.801. The third-order valence-corrected chi connectivity index (χ3v) is 10.1. The van der Waals surface area contributed by atoms with Gasteiger partial charge < -0.3 is 9.32 Å². The van der Waals surface area contributed by atoms with Crippen molar-refractivity contribution in [2.75, 3.05) is 4.90 Å². The first kappa shape index (κ1) is 29.9. The lowest BCUT2D eigenvalue weighted by molar-refractivity contribution is 0.672. The Morgan fingerprint density at radius 2 is 1.08 bits per heavy atom. The van der Waals surface area contributed by atoms with Crippen molar-refractivity contribution in [2.45, 2.75) is 0 Å². The average Bonchev–Trinajstić information content (AvgIpc) is 3.62. The van der Waals surface area contributed by atoms with Crippen molar-refractivity contribution in [1.82, 2.24) is 4.98 Å². The van der Waals surface area contributed by atoms with E-state index < -0.39 is 0 Å². The minimum Gasteiger partial charge on any atom is -0.452 e. The Balaban J connectivity index is 1.25. The van der Waals surface area contributed by atoms with Gasteiger partial charge in [-0.1, -0.05) is 140 Å². The Labute approximate surface area is 301 Å². The van der Waals surface area contributed by atoms with Crippen LogP contribution in [0.4, 0.5) is 17.1 Å². The highest BCUT2D eigenvalue weighted by atomic mass is 16.3. The Hall–Kier alpha value is -6.97. The van der Waals surface area contributed by atoms with Gasteiger partial charge in [-0.15, -0.1) is 0 Å². The summed E-state index contributed by atoms with van der Waals surface area (Å²) in [4.78, 5) is 7.08. The lowest BCUT2D eigenvalue weighted by atomic mass is 9.92. The molecule has 0 atom stereocenters. The van der Waals surface area contributed by atoms with Crippen LogP contribution in [0.15, 0.2) is 199 Å². The molecule has 0 saturated heterocycles. The first-order valence-corrected chi connectivity index (χ1v) is 17.6. The van der Waals surface area contributed by atoms with Crippen LogP contribution in [0.3, 0.4) is 0 Å². The van der Waals surface area contributed by atoms with Crippen LogP contribution in [-0.4, -0.2) is 4.98 Å². The maximum Gasteiger partial charge on any atom is 0.161 e. The van der Waals surface area contributed by atoms with Crippen LogP contribution in [0.25, 0.3) is 77.0 Å². The van der Waals surface area contributed by atoms with E-state index >= 15 is 0 Å². The summed E-state index contributed by atoms with van der Waals surface area (Å²) >= 11 is 0. The molecule has 10 rings (SSSR count). The van der Waals surface area contributed by atoms with E-state index in [1.54, 1.807) is 0 Å². The number of aromatic nitrogens is 1. The van der Waals surface area contributed by atoms with Crippen LogP contribution >= 0.6 is 0 Å². The number of fused-ring (bicyclic) bond motifs is 6. The predicted molar refractivity (Wildman–Crippen MR) is 218 cm³/mol. The fourth-order valence-electron chi connectivity index (χ4n) is 7.57. The number of pyridine rings is 1. The van der Waals surface area contributed by atoms with E-state index in [0.717, 1.165) is 66.6 Å². The highest BCUT2D eigenvalue weighted by molar-refractivity contribution is 6.16. The molecule has 0 amide bonds. The highest BCUT2D eigenvalue weighted by Crippen LogP contribution is 2.46. The fraction of sp³-hybridized carbons (Fsp3) is 0. The molecule has 0 saturated carbocycles. The van der Waals surface area contributed by atoms with Gasteiger partial charge in [-0.3, -0.25) is 4.98 Å². The second kappa shape index (κ2) is 12.4. The number of benzene rings is 8. The summed E-state index contributed by atoms with van der Waals surface area (Å²) in [7, 11) is 0. The Morgan fingerprint density at radius 3 is 1.94 bits per heavy atom. The van der Waals surface area contributed by atoms with Gasteiger partial charge in [0.25, 0.3) is 0 Å². The first-order chi connectivity index (χ1) is 25.8. The predicted octanol–water partition coefficient (Wildman–Crippen LogP) is 13.8. The van der Waals surface area contributed by atoms with Crippen molar-refractivity contribution in [3.05, 3.63) is 194 Å². The summed E-state index contributed by atoms with van der Waals surface area (Å²) in [5, 5.41) is 5.60. The molecule has 2 heterocycles. The molecule has 0 bridgehead atoms. The van der Waals surface area contributed by atoms with Crippen LogP contribution in [0, 0.1) is 0 Å². The average molecular weight is 665 g/mol. The first-order valence-electron chi connectivity index (χ1n) is 17.6. The molecule has 52 heavy (non-hydrogen) atoms. The van der Waals surface area contributed by atoms with E-state index in [0.29, 0.717) is 0 Å². The minimum atomic E-state index is 0.801. The Kier molecular flexibility index (Phi) is 7.14. The topological polar surface area (TPSA) is 29.3 Å². The van der Waals surface area contributed by atoms with E-state index in [4.69, 9.17) is 9.40 Å². The second-order valence-corrected chi connectivity index (χ2v) is 13.2. The van der Waals surface area contributed by atoms with Crippen LogP contribution in [-0.2, 0) is 0 Å². The van der Waals surface area contributed by atoms with Crippen LogP contribution in [0.1, 0.15) is 0 Å². The third-order valence-electron chi connectivity index (χ3n) is 10.1. The van der Waals surface area contributed by atoms with Crippen molar-refractivity contribution >= 4 is 60.7 Å². The number of rotatable bonds is 6. The molecule has 3 nitrogen and oxygen atoms in total. The number of nitrogens with zero attached hydrogens (tertiary/aromatic N) is 2. The second-order valence-electron chi connectivity index (χ2n) is 13.2. The lowest BCUT2D eigenvalue weighted by Gasteiger charge is -2.27. The van der Waals surface area contributed by atoms with E-state index in [1.165, 1.54) is 27.5 Å². The van der Waals surface area contributed by atoms with Crippen molar-refractivity contribution < 1.29 is 4.42 Å². The molecule has 0 aliphatic rings. The number of anilines is 3. The molecule has 0 N–H and O–H groups in total. The largest absolute Gasteiger partial charge is 0.452 e. The fourth-order valence-corrected chi connectivity index (χ4v) is 7.57. The molecule has 8 aromatic carbocycles. The zero-order chi connectivity index (χ0) is 34.4. The molecule has 0 fully saturated rings. The summed E-state index contributed by atoms with van der Waals surface area (Å²) in [6.45, 7) is 0. The molecule has 0 spiro atoms. The molecule has 0 unspecified atom stereocenters. The quantitative estimate of drug-likeness (QED) is 0.177. The van der Waals surface area contributed by atoms with Gasteiger partial charge in [0.15, 0.2) is 11.2 Å². The van der Waals surface area contributed by atoms with Gasteiger partial charge in [-0.25, -0.2) is 0 Å². The number of para-hydroxylation sites is 1. The van der Waals surface area contributed by atoms with Crippen molar-refractivity contribution in [3.8, 4) is 33.4 Å². The molecule has 0 radical (unpaired) electrons. The van der Waals surface area contributed by atoms with Gasteiger partial charge in [0.2, 0.25) is 0 Å². The molecular weight excluding hydrogens is 633 g/mol. The molecule has 244 valence electrons. The number of hydrogen-bond donors (Lipinski definition) is 0. The summed E-state index contributed by atoms with van der Waals surface area (Å²) in [5.41, 5.74) is 12.5. The van der Waals surface area contributed by atoms with E-state index in [-0.39, 0.29) is 0 Å². The molecule has 0 aliphatic carbocycles. The molecule has 3 heteroatoms. The Morgan fingerprint density at radius 1 is 0.385 bits per heavy atom. The van der Waals surface area contributed by atoms with Crippen LogP contribution in [0.2, 0.25) is 0 Å². The lowest BCUT2D eigenvalue weighted by Crippen LogP contribution is -2.10. The third kappa shape index (κ3) is 5.10. The number of hydrogen-bond acceptors (Lipinski definition) is 3. The van der Waals surface area contributed by atoms with Crippen LogP contribution < -0.4 is 4.90 Å². The van der Waals surface area contributed by atoms with Gasteiger partial charge in [0, 0.05) is 33.7 Å². The summed E-state index contributed by atoms with van der Waals surface area (Å²) in [5.74, 6) is 0. The van der Waals surface area contributed by atoms with Gasteiger partial charge in [0.1, 0.15) is 5.52 Å². The SMILES string of the molecule is c1ccc(-c2cccc(N(c3ccc(-c4ccccc4)c(-c4ccc5ccccc5c4)c3)c3cccc4c3oc3c4ccc4cccnc43)c2)cc1. The zero-order valence-corrected chi connectivity index (χ0v) is 28.3. The molecule has 2 aromatic heterocycles. The maximum absolute atomic E-state index is 6.89. The maximum atomic E-state index is 6.89. The molecule has 0 aliphatic heterocycles.